The first-order valence-electron chi connectivity index (χ1n) is 13.4. The average molecular weight is 472 g/mol. The summed E-state index contributed by atoms with van der Waals surface area (Å²) in [6, 6.07) is 1.72. The molecule has 3 atom stereocenters. The maximum Gasteiger partial charge on any atom is 0.225 e. The number of rotatable bonds is 7. The van der Waals surface area contributed by atoms with Crippen LogP contribution in [0.2, 0.25) is 0 Å². The van der Waals surface area contributed by atoms with Crippen LogP contribution in [-0.2, 0) is 16.1 Å². The minimum absolute atomic E-state index is 0.204. The van der Waals surface area contributed by atoms with Crippen LogP contribution in [0.1, 0.15) is 84.6 Å². The minimum atomic E-state index is 0.204. The van der Waals surface area contributed by atoms with Crippen LogP contribution in [0.25, 0.3) is 0 Å². The maximum atomic E-state index is 12.7. The Morgan fingerprint density at radius 1 is 1.06 bits per heavy atom. The summed E-state index contributed by atoms with van der Waals surface area (Å²) in [4.78, 5) is 38.6. The highest BCUT2D eigenvalue weighted by atomic mass is 16.2. The van der Waals surface area contributed by atoms with Crippen molar-refractivity contribution in [3.05, 3.63) is 18.0 Å². The van der Waals surface area contributed by atoms with Crippen LogP contribution < -0.4 is 4.90 Å². The van der Waals surface area contributed by atoms with E-state index in [0.29, 0.717) is 24.7 Å². The van der Waals surface area contributed by atoms with Crippen LogP contribution in [0.5, 0.6) is 0 Å². The Hall–Kier alpha value is -2.02. The summed E-state index contributed by atoms with van der Waals surface area (Å²) in [5.74, 6) is 1.57. The molecule has 34 heavy (non-hydrogen) atoms. The summed E-state index contributed by atoms with van der Waals surface area (Å²) in [6.45, 7) is 11.2. The first-order chi connectivity index (χ1) is 16.3. The number of nitrogens with zero attached hydrogens (tertiary/aromatic N) is 5. The molecule has 7 heteroatoms. The lowest BCUT2D eigenvalue weighted by atomic mass is 9.88. The van der Waals surface area contributed by atoms with Gasteiger partial charge in [0.25, 0.3) is 0 Å². The molecule has 0 N–H and O–H groups in total. The summed E-state index contributed by atoms with van der Waals surface area (Å²) in [6.07, 6.45) is 14.2. The first-order valence-corrected chi connectivity index (χ1v) is 13.4. The van der Waals surface area contributed by atoms with E-state index < -0.39 is 0 Å². The van der Waals surface area contributed by atoms with E-state index in [2.05, 4.69) is 23.6 Å². The number of carbonyl (C=O) groups excluding carboxylic acids is 2. The van der Waals surface area contributed by atoms with Crippen LogP contribution >= 0.6 is 0 Å². The zero-order valence-electron chi connectivity index (χ0n) is 21.9. The molecule has 4 rings (SSSR count). The number of fused-ring (bicyclic) bond motifs is 2. The van der Waals surface area contributed by atoms with Gasteiger partial charge >= 0.3 is 0 Å². The van der Waals surface area contributed by atoms with Crippen molar-refractivity contribution in [2.24, 2.45) is 11.8 Å². The third-order valence-electron chi connectivity index (χ3n) is 7.67. The van der Waals surface area contributed by atoms with E-state index in [9.17, 15) is 9.59 Å². The quantitative estimate of drug-likeness (QED) is 0.552. The van der Waals surface area contributed by atoms with E-state index in [1.54, 1.807) is 0 Å². The molecule has 3 heterocycles. The molecule has 7 nitrogen and oxygen atoms in total. The van der Waals surface area contributed by atoms with Gasteiger partial charge in [0.1, 0.15) is 6.29 Å². The normalized spacial score (nSPS) is 23.9. The second-order valence-corrected chi connectivity index (χ2v) is 10.8. The molecule has 2 bridgehead atoms. The van der Waals surface area contributed by atoms with Gasteiger partial charge in [-0.25, -0.2) is 9.97 Å². The molecule has 1 aromatic rings. The average Bonchev–Trinajstić information content (AvgIpc) is 3.13. The van der Waals surface area contributed by atoms with Crippen molar-refractivity contribution >= 4 is 18.1 Å². The van der Waals surface area contributed by atoms with Gasteiger partial charge in [-0.3, -0.25) is 9.69 Å². The van der Waals surface area contributed by atoms with Crippen LogP contribution in [-0.4, -0.2) is 70.2 Å². The molecule has 3 fully saturated rings. The van der Waals surface area contributed by atoms with Gasteiger partial charge in [-0.15, -0.1) is 0 Å². The molecule has 1 aromatic heterocycles. The second kappa shape index (κ2) is 12.6. The molecule has 0 aromatic carbocycles. The first kappa shape index (κ1) is 26.6. The van der Waals surface area contributed by atoms with E-state index in [0.717, 1.165) is 43.7 Å². The Morgan fingerprint density at radius 3 is 2.12 bits per heavy atom. The summed E-state index contributed by atoms with van der Waals surface area (Å²) >= 11 is 0. The van der Waals surface area contributed by atoms with Crippen molar-refractivity contribution in [3.63, 3.8) is 0 Å². The number of aldehydes is 1. The SMILES string of the molecule is CC(C)C=O.CCC(C)N1CC2CCC(C1)N2c1ncc(CN(C)C(=O)C2CCCCC2)cn1. The van der Waals surface area contributed by atoms with Gasteiger partial charge < -0.3 is 14.6 Å². The number of hydrogen-bond donors (Lipinski definition) is 0. The zero-order chi connectivity index (χ0) is 24.7. The number of hydrogen-bond acceptors (Lipinski definition) is 6. The van der Waals surface area contributed by atoms with E-state index >= 15 is 0 Å². The van der Waals surface area contributed by atoms with Crippen molar-refractivity contribution in [1.29, 1.82) is 0 Å². The smallest absolute Gasteiger partial charge is 0.225 e. The molecule has 0 radical (unpaired) electrons. The Kier molecular flexibility index (Phi) is 9.86. The molecule has 1 saturated carbocycles. The van der Waals surface area contributed by atoms with E-state index in [-0.39, 0.29) is 17.7 Å². The highest BCUT2D eigenvalue weighted by molar-refractivity contribution is 5.78. The summed E-state index contributed by atoms with van der Waals surface area (Å²) < 4.78 is 0. The fourth-order valence-electron chi connectivity index (χ4n) is 5.46. The van der Waals surface area contributed by atoms with Gasteiger partial charge in [-0.1, -0.05) is 40.0 Å². The Balaban J connectivity index is 0.000000588. The van der Waals surface area contributed by atoms with Crippen molar-refractivity contribution < 1.29 is 9.59 Å². The maximum absolute atomic E-state index is 12.7. The molecule has 1 aliphatic carbocycles. The van der Waals surface area contributed by atoms with Crippen molar-refractivity contribution in [1.82, 2.24) is 19.8 Å². The standard InChI is InChI=1S/C23H37N5O.C4H8O/c1-4-17(2)27-15-20-10-11-21(16-27)28(20)23-24-12-18(13-25-23)14-26(3)22(29)19-8-6-5-7-9-19;1-4(2)3-5/h12-13,17,19-21H,4-11,14-16H2,1-3H3;3-4H,1-2H3. The lowest BCUT2D eigenvalue weighted by Gasteiger charge is -2.43. The number of amides is 1. The van der Waals surface area contributed by atoms with Crippen molar-refractivity contribution in [3.8, 4) is 0 Å². The monoisotopic (exact) mass is 471 g/mol. The molecule has 0 spiro atoms. The molecule has 3 aliphatic rings. The number of carbonyl (C=O) groups is 2. The molecule has 1 amide bonds. The minimum Gasteiger partial charge on any atom is -0.341 e. The van der Waals surface area contributed by atoms with Crippen LogP contribution in [0, 0.1) is 11.8 Å². The van der Waals surface area contributed by atoms with E-state index in [1.807, 2.05) is 38.2 Å². The van der Waals surface area contributed by atoms with Gasteiger partial charge in [0, 0.05) is 74.6 Å². The van der Waals surface area contributed by atoms with Crippen LogP contribution in [0.3, 0.4) is 0 Å². The number of aromatic nitrogens is 2. The predicted molar refractivity (Wildman–Crippen MR) is 137 cm³/mol. The highest BCUT2D eigenvalue weighted by Crippen LogP contribution is 2.34. The van der Waals surface area contributed by atoms with Gasteiger partial charge in [0.05, 0.1) is 0 Å². The lowest BCUT2D eigenvalue weighted by molar-refractivity contribution is -0.135. The zero-order valence-corrected chi connectivity index (χ0v) is 21.9. The van der Waals surface area contributed by atoms with E-state index in [4.69, 9.17) is 9.97 Å². The Bertz CT molecular complexity index is 764. The third kappa shape index (κ3) is 6.77. The topological polar surface area (TPSA) is 69.6 Å². The molecular formula is C27H45N5O2. The van der Waals surface area contributed by atoms with Crippen molar-refractivity contribution in [2.75, 3.05) is 25.0 Å². The highest BCUT2D eigenvalue weighted by Gasteiger charge is 2.42. The Morgan fingerprint density at radius 2 is 1.62 bits per heavy atom. The molecule has 2 saturated heterocycles. The van der Waals surface area contributed by atoms with Gasteiger partial charge in [0.2, 0.25) is 11.9 Å². The second-order valence-electron chi connectivity index (χ2n) is 10.8. The Labute approximate surface area is 206 Å². The molecular weight excluding hydrogens is 426 g/mol. The third-order valence-corrected chi connectivity index (χ3v) is 7.67. The number of anilines is 1. The van der Waals surface area contributed by atoms with Gasteiger partial charge in [-0.2, -0.15) is 0 Å². The summed E-state index contributed by atoms with van der Waals surface area (Å²) in [5, 5.41) is 0. The summed E-state index contributed by atoms with van der Waals surface area (Å²) in [7, 11) is 1.92. The fraction of sp³-hybridized carbons (Fsp3) is 0.778. The van der Waals surface area contributed by atoms with Crippen LogP contribution in [0.15, 0.2) is 12.4 Å². The van der Waals surface area contributed by atoms with Gasteiger partial charge in [-0.05, 0) is 39.0 Å². The van der Waals surface area contributed by atoms with Crippen LogP contribution in [0.4, 0.5) is 5.95 Å². The fourth-order valence-corrected chi connectivity index (χ4v) is 5.46. The summed E-state index contributed by atoms with van der Waals surface area (Å²) in [5.41, 5.74) is 1.02. The molecule has 190 valence electrons. The molecule has 3 unspecified atom stereocenters. The lowest BCUT2D eigenvalue weighted by Crippen LogP contribution is -2.56. The van der Waals surface area contributed by atoms with Gasteiger partial charge in [0.15, 0.2) is 0 Å². The largest absolute Gasteiger partial charge is 0.341 e. The molecule has 2 aliphatic heterocycles. The predicted octanol–water partition coefficient (Wildman–Crippen LogP) is 4.31. The van der Waals surface area contributed by atoms with E-state index in [1.165, 1.54) is 38.5 Å². The number of likely N-dealkylation sites (tertiary alicyclic amines) is 1. The van der Waals surface area contributed by atoms with Crippen molar-refractivity contribution in [2.45, 2.75) is 104 Å². The number of piperazine rings is 1.